The van der Waals surface area contributed by atoms with Crippen molar-refractivity contribution < 1.29 is 26.7 Å². The van der Waals surface area contributed by atoms with Gasteiger partial charge in [-0.3, -0.25) is 4.79 Å². The third-order valence-electron chi connectivity index (χ3n) is 3.46. The first kappa shape index (κ1) is 20.1. The van der Waals surface area contributed by atoms with E-state index in [0.717, 1.165) is 0 Å². The van der Waals surface area contributed by atoms with Crippen LogP contribution in [0.5, 0.6) is 5.75 Å². The van der Waals surface area contributed by atoms with Crippen LogP contribution in [0.1, 0.15) is 24.2 Å². The fourth-order valence-corrected chi connectivity index (χ4v) is 3.59. The van der Waals surface area contributed by atoms with Gasteiger partial charge in [0.15, 0.2) is 9.84 Å². The van der Waals surface area contributed by atoms with Gasteiger partial charge in [-0.1, -0.05) is 23.7 Å². The lowest BCUT2D eigenvalue weighted by atomic mass is 10.2. The standard InChI is InChI=1S/C17H16ClF2NO4S/c1-10(2)26(23,24)15-6-4-3-5-12(15)16(22)21-11-7-8-14(13(18)9-11)25-17(19)20/h3-10,17H,1-2H3,(H,21,22). The summed E-state index contributed by atoms with van der Waals surface area (Å²) >= 11 is 5.84. The average Bonchev–Trinajstić information content (AvgIpc) is 2.56. The Labute approximate surface area is 154 Å². The summed E-state index contributed by atoms with van der Waals surface area (Å²) in [7, 11) is -3.66. The molecule has 0 saturated carbocycles. The largest absolute Gasteiger partial charge is 0.433 e. The van der Waals surface area contributed by atoms with E-state index in [-0.39, 0.29) is 26.9 Å². The van der Waals surface area contributed by atoms with Gasteiger partial charge in [-0.2, -0.15) is 8.78 Å². The lowest BCUT2D eigenvalue weighted by Crippen LogP contribution is -2.20. The Hall–Kier alpha value is -2.19. The summed E-state index contributed by atoms with van der Waals surface area (Å²) in [6, 6.07) is 9.55. The van der Waals surface area contributed by atoms with Crippen molar-refractivity contribution in [2.75, 3.05) is 5.32 Å². The maximum Gasteiger partial charge on any atom is 0.387 e. The second-order valence-corrected chi connectivity index (χ2v) is 8.45. The van der Waals surface area contributed by atoms with Crippen LogP contribution in [0, 0.1) is 0 Å². The number of anilines is 1. The fraction of sp³-hybridized carbons (Fsp3) is 0.235. The monoisotopic (exact) mass is 403 g/mol. The van der Waals surface area contributed by atoms with Crippen molar-refractivity contribution in [1.82, 2.24) is 0 Å². The molecule has 0 radical (unpaired) electrons. The number of amides is 1. The minimum Gasteiger partial charge on any atom is -0.433 e. The summed E-state index contributed by atoms with van der Waals surface area (Å²) in [5.74, 6) is -0.897. The predicted octanol–water partition coefficient (Wildman–Crippen LogP) is 4.38. The number of rotatable bonds is 6. The van der Waals surface area contributed by atoms with Gasteiger partial charge in [0.25, 0.3) is 5.91 Å². The molecule has 0 aromatic heterocycles. The molecule has 1 amide bonds. The molecule has 9 heteroatoms. The zero-order chi connectivity index (χ0) is 19.5. The highest BCUT2D eigenvalue weighted by molar-refractivity contribution is 7.92. The number of benzene rings is 2. The molecule has 0 aliphatic rings. The number of hydrogen-bond acceptors (Lipinski definition) is 4. The van der Waals surface area contributed by atoms with E-state index in [0.29, 0.717) is 0 Å². The second kappa shape index (κ2) is 8.01. The van der Waals surface area contributed by atoms with Gasteiger partial charge in [0.1, 0.15) is 5.75 Å². The Bertz CT molecular complexity index is 917. The first-order valence-corrected chi connectivity index (χ1v) is 9.44. The van der Waals surface area contributed by atoms with Crippen LogP contribution in [0.3, 0.4) is 0 Å². The second-order valence-electron chi connectivity index (χ2n) is 5.57. The fourth-order valence-electron chi connectivity index (χ4n) is 2.12. The summed E-state index contributed by atoms with van der Waals surface area (Å²) in [5, 5.41) is 1.68. The number of alkyl halides is 2. The van der Waals surface area contributed by atoms with E-state index in [1.54, 1.807) is 6.07 Å². The van der Waals surface area contributed by atoms with E-state index in [4.69, 9.17) is 11.6 Å². The van der Waals surface area contributed by atoms with Gasteiger partial charge in [-0.25, -0.2) is 8.42 Å². The molecule has 1 N–H and O–H groups in total. The molecule has 0 atom stereocenters. The molecule has 0 spiro atoms. The Morgan fingerprint density at radius 1 is 1.15 bits per heavy atom. The minimum atomic E-state index is -3.66. The molecule has 140 valence electrons. The molecule has 2 aromatic carbocycles. The summed E-state index contributed by atoms with van der Waals surface area (Å²) < 4.78 is 53.6. The number of halogens is 3. The molecule has 2 rings (SSSR count). The highest BCUT2D eigenvalue weighted by atomic mass is 35.5. The Kier molecular flexibility index (Phi) is 6.20. The number of nitrogens with one attached hydrogen (secondary N) is 1. The molecule has 2 aromatic rings. The van der Waals surface area contributed by atoms with Gasteiger partial charge in [0.2, 0.25) is 0 Å². The van der Waals surface area contributed by atoms with Gasteiger partial charge < -0.3 is 10.1 Å². The number of hydrogen-bond donors (Lipinski definition) is 1. The smallest absolute Gasteiger partial charge is 0.387 e. The quantitative estimate of drug-likeness (QED) is 0.777. The molecule has 0 aliphatic heterocycles. The van der Waals surface area contributed by atoms with Crippen molar-refractivity contribution in [2.24, 2.45) is 0 Å². The summed E-state index contributed by atoms with van der Waals surface area (Å²) in [6.45, 7) is 0.0119. The van der Waals surface area contributed by atoms with Crippen molar-refractivity contribution >= 4 is 33.0 Å². The topological polar surface area (TPSA) is 72.5 Å². The number of carbonyl (C=O) groups is 1. The average molecular weight is 404 g/mol. The van der Waals surface area contributed by atoms with Gasteiger partial charge in [-0.05, 0) is 44.2 Å². The molecule has 0 unspecified atom stereocenters. The van der Waals surface area contributed by atoms with Crippen molar-refractivity contribution in [1.29, 1.82) is 0 Å². The highest BCUT2D eigenvalue weighted by Crippen LogP contribution is 2.29. The minimum absolute atomic E-state index is 0.0229. The molecule has 0 aliphatic carbocycles. The molecule has 0 bridgehead atoms. The van der Waals surface area contributed by atoms with Crippen molar-refractivity contribution in [2.45, 2.75) is 30.6 Å². The van der Waals surface area contributed by atoms with E-state index in [1.807, 2.05) is 0 Å². The van der Waals surface area contributed by atoms with Crippen LogP contribution in [0.15, 0.2) is 47.4 Å². The summed E-state index contributed by atoms with van der Waals surface area (Å²) in [6.07, 6.45) is 0. The van der Waals surface area contributed by atoms with Crippen LogP contribution in [-0.2, 0) is 9.84 Å². The molecule has 26 heavy (non-hydrogen) atoms. The van der Waals surface area contributed by atoms with E-state index in [9.17, 15) is 22.0 Å². The van der Waals surface area contributed by atoms with Crippen LogP contribution in [-0.4, -0.2) is 26.2 Å². The van der Waals surface area contributed by atoms with Crippen molar-refractivity contribution in [3.8, 4) is 5.75 Å². The molecule has 0 heterocycles. The van der Waals surface area contributed by atoms with Crippen LogP contribution in [0.25, 0.3) is 0 Å². The molecule has 0 fully saturated rings. The van der Waals surface area contributed by atoms with Crippen LogP contribution in [0.2, 0.25) is 5.02 Å². The van der Waals surface area contributed by atoms with Crippen LogP contribution in [0.4, 0.5) is 14.5 Å². The molecular formula is C17H16ClF2NO4S. The Morgan fingerprint density at radius 3 is 2.38 bits per heavy atom. The first-order valence-electron chi connectivity index (χ1n) is 7.51. The highest BCUT2D eigenvalue weighted by Gasteiger charge is 2.25. The van der Waals surface area contributed by atoms with E-state index < -0.39 is 27.6 Å². The summed E-state index contributed by atoms with van der Waals surface area (Å²) in [4.78, 5) is 12.4. The zero-order valence-electron chi connectivity index (χ0n) is 13.9. The first-order chi connectivity index (χ1) is 12.1. The van der Waals surface area contributed by atoms with Crippen molar-refractivity contribution in [3.63, 3.8) is 0 Å². The molecular weight excluding hydrogens is 388 g/mol. The number of sulfone groups is 1. The Morgan fingerprint density at radius 2 is 1.81 bits per heavy atom. The van der Waals surface area contributed by atoms with Crippen molar-refractivity contribution in [3.05, 3.63) is 53.1 Å². The van der Waals surface area contributed by atoms with Crippen LogP contribution >= 0.6 is 11.6 Å². The van der Waals surface area contributed by atoms with Gasteiger partial charge in [0, 0.05) is 5.69 Å². The number of carbonyl (C=O) groups excluding carboxylic acids is 1. The third-order valence-corrected chi connectivity index (χ3v) is 5.97. The lowest BCUT2D eigenvalue weighted by Gasteiger charge is -2.13. The van der Waals surface area contributed by atoms with Crippen LogP contribution < -0.4 is 10.1 Å². The maximum atomic E-state index is 12.5. The van der Waals surface area contributed by atoms with E-state index >= 15 is 0 Å². The van der Waals surface area contributed by atoms with E-state index in [2.05, 4.69) is 10.1 Å². The maximum absolute atomic E-state index is 12.5. The zero-order valence-corrected chi connectivity index (χ0v) is 15.4. The van der Waals surface area contributed by atoms with Gasteiger partial charge in [0.05, 0.1) is 20.7 Å². The van der Waals surface area contributed by atoms with E-state index in [1.165, 1.54) is 50.2 Å². The lowest BCUT2D eigenvalue weighted by molar-refractivity contribution is -0.0497. The molecule has 0 saturated heterocycles. The molecule has 5 nitrogen and oxygen atoms in total. The van der Waals surface area contributed by atoms with Gasteiger partial charge >= 0.3 is 6.61 Å². The summed E-state index contributed by atoms with van der Waals surface area (Å²) in [5.41, 5.74) is 0.184. The number of ether oxygens (including phenoxy) is 1. The SMILES string of the molecule is CC(C)S(=O)(=O)c1ccccc1C(=O)Nc1ccc(OC(F)F)c(Cl)c1. The normalized spacial score (nSPS) is 11.7. The Balaban J connectivity index is 2.31. The predicted molar refractivity (Wildman–Crippen MR) is 94.8 cm³/mol. The van der Waals surface area contributed by atoms with Gasteiger partial charge in [-0.15, -0.1) is 0 Å². The third kappa shape index (κ3) is 4.50.